The van der Waals surface area contributed by atoms with Crippen LogP contribution in [0.5, 0.6) is 5.75 Å². The average molecular weight is 341 g/mol. The van der Waals surface area contributed by atoms with Crippen LogP contribution in [0.1, 0.15) is 22.2 Å². The molecule has 1 N–H and O–H groups in total. The smallest absolute Gasteiger partial charge is 0.261 e. The summed E-state index contributed by atoms with van der Waals surface area (Å²) in [6.45, 7) is 4.34. The molecule has 0 aliphatic rings. The van der Waals surface area contributed by atoms with Gasteiger partial charge in [-0.2, -0.15) is 0 Å². The number of hydrogen-bond donors (Lipinski definition) is 1. The van der Waals surface area contributed by atoms with Crippen molar-refractivity contribution in [3.05, 3.63) is 39.3 Å². The van der Waals surface area contributed by atoms with Crippen molar-refractivity contribution in [1.82, 2.24) is 4.98 Å². The number of aromatic nitrogens is 1. The summed E-state index contributed by atoms with van der Waals surface area (Å²) < 4.78 is 6.29. The molecule has 6 heteroatoms. The van der Waals surface area contributed by atoms with Gasteiger partial charge < -0.3 is 4.74 Å². The maximum atomic E-state index is 12.2. The molecule has 100 valence electrons. The normalized spacial score (nSPS) is 10.3. The van der Waals surface area contributed by atoms with Crippen molar-refractivity contribution >= 4 is 38.3 Å². The van der Waals surface area contributed by atoms with Gasteiger partial charge in [0.1, 0.15) is 5.75 Å². The quantitative estimate of drug-likeness (QED) is 0.919. The molecule has 0 saturated heterocycles. The molecule has 19 heavy (non-hydrogen) atoms. The van der Waals surface area contributed by atoms with Gasteiger partial charge in [-0.3, -0.25) is 10.1 Å². The highest BCUT2D eigenvalue weighted by Gasteiger charge is 2.14. The van der Waals surface area contributed by atoms with Crippen LogP contribution in [0.3, 0.4) is 0 Å². The molecule has 0 unspecified atom stereocenters. The van der Waals surface area contributed by atoms with Crippen molar-refractivity contribution in [2.24, 2.45) is 0 Å². The van der Waals surface area contributed by atoms with Gasteiger partial charge in [-0.15, -0.1) is 11.3 Å². The Morgan fingerprint density at radius 2 is 2.32 bits per heavy atom. The van der Waals surface area contributed by atoms with Crippen LogP contribution in [-0.4, -0.2) is 17.5 Å². The van der Waals surface area contributed by atoms with Gasteiger partial charge in [0.05, 0.1) is 12.2 Å². The zero-order valence-corrected chi connectivity index (χ0v) is 13.0. The maximum absolute atomic E-state index is 12.2. The number of nitrogens with one attached hydrogen (secondary N) is 1. The van der Waals surface area contributed by atoms with E-state index in [1.165, 1.54) is 11.3 Å². The third kappa shape index (κ3) is 3.54. The fourth-order valence-corrected chi connectivity index (χ4v) is 2.56. The summed E-state index contributed by atoms with van der Waals surface area (Å²) in [6, 6.07) is 5.35. The minimum Gasteiger partial charge on any atom is -0.493 e. The highest BCUT2D eigenvalue weighted by atomic mass is 79.9. The monoisotopic (exact) mass is 340 g/mol. The second kappa shape index (κ2) is 6.16. The molecule has 1 amide bonds. The van der Waals surface area contributed by atoms with E-state index in [9.17, 15) is 4.79 Å². The number of aryl methyl sites for hydroxylation is 1. The van der Waals surface area contributed by atoms with Crippen molar-refractivity contribution in [1.29, 1.82) is 0 Å². The molecule has 4 nitrogen and oxygen atoms in total. The number of thiazole rings is 1. The van der Waals surface area contributed by atoms with Gasteiger partial charge in [-0.05, 0) is 32.0 Å². The van der Waals surface area contributed by atoms with Crippen LogP contribution >= 0.6 is 27.3 Å². The minimum atomic E-state index is -0.223. The molecule has 2 aromatic rings. The summed E-state index contributed by atoms with van der Waals surface area (Å²) in [4.78, 5) is 17.4. The van der Waals surface area contributed by atoms with Crippen molar-refractivity contribution in [3.63, 3.8) is 0 Å². The zero-order valence-electron chi connectivity index (χ0n) is 10.6. The summed E-state index contributed by atoms with van der Waals surface area (Å²) in [5.74, 6) is 0.343. The second-order valence-corrected chi connectivity index (χ2v) is 5.95. The van der Waals surface area contributed by atoms with Gasteiger partial charge in [0.25, 0.3) is 5.91 Å². The van der Waals surface area contributed by atoms with Crippen LogP contribution in [0.15, 0.2) is 28.9 Å². The largest absolute Gasteiger partial charge is 0.493 e. The standard InChI is InChI=1S/C13H13BrN2O2S/c1-3-18-11-5-4-9(14)6-10(11)12(17)16-13-15-7-8(2)19-13/h4-7H,3H2,1-2H3,(H,15,16,17). The fourth-order valence-electron chi connectivity index (χ4n) is 1.54. The Kier molecular flexibility index (Phi) is 4.55. The molecule has 0 aliphatic carbocycles. The Labute approximate surface area is 124 Å². The number of hydrogen-bond acceptors (Lipinski definition) is 4. The number of benzene rings is 1. The number of anilines is 1. The number of carbonyl (C=O) groups excluding carboxylic acids is 1. The lowest BCUT2D eigenvalue weighted by Crippen LogP contribution is -2.13. The van der Waals surface area contributed by atoms with Gasteiger partial charge in [0.15, 0.2) is 5.13 Å². The SMILES string of the molecule is CCOc1ccc(Br)cc1C(=O)Nc1ncc(C)s1. The zero-order chi connectivity index (χ0) is 13.8. The lowest BCUT2D eigenvalue weighted by atomic mass is 10.2. The van der Waals surface area contributed by atoms with Gasteiger partial charge in [-0.25, -0.2) is 4.98 Å². The molecule has 0 fully saturated rings. The maximum Gasteiger partial charge on any atom is 0.261 e. The summed E-state index contributed by atoms with van der Waals surface area (Å²) in [7, 11) is 0. The van der Waals surface area contributed by atoms with Gasteiger partial charge in [0.2, 0.25) is 0 Å². The van der Waals surface area contributed by atoms with Crippen LogP contribution in [0.25, 0.3) is 0 Å². The van der Waals surface area contributed by atoms with Crippen LogP contribution in [-0.2, 0) is 0 Å². The molecule has 0 saturated carbocycles. The first kappa shape index (κ1) is 14.0. The van der Waals surface area contributed by atoms with Crippen LogP contribution in [0.4, 0.5) is 5.13 Å². The molecule has 1 heterocycles. The van der Waals surface area contributed by atoms with Crippen molar-refractivity contribution in [3.8, 4) is 5.75 Å². The highest BCUT2D eigenvalue weighted by Crippen LogP contribution is 2.25. The predicted octanol–water partition coefficient (Wildman–Crippen LogP) is 3.87. The van der Waals surface area contributed by atoms with Crippen molar-refractivity contribution < 1.29 is 9.53 Å². The molecule has 0 spiro atoms. The summed E-state index contributed by atoms with van der Waals surface area (Å²) in [6.07, 6.45) is 1.73. The third-order valence-corrected chi connectivity index (χ3v) is 3.65. The molecular weight excluding hydrogens is 328 g/mol. The van der Waals surface area contributed by atoms with Gasteiger partial charge in [0, 0.05) is 15.5 Å². The summed E-state index contributed by atoms with van der Waals surface area (Å²) in [5.41, 5.74) is 0.490. The number of rotatable bonds is 4. The highest BCUT2D eigenvalue weighted by molar-refractivity contribution is 9.10. The molecule has 1 aromatic heterocycles. The first-order valence-corrected chi connectivity index (χ1v) is 7.37. The van der Waals surface area contributed by atoms with Gasteiger partial charge in [-0.1, -0.05) is 15.9 Å². The average Bonchev–Trinajstić information content (AvgIpc) is 2.77. The number of carbonyl (C=O) groups is 1. The molecule has 0 atom stereocenters. The molecule has 2 rings (SSSR count). The van der Waals surface area contributed by atoms with Crippen molar-refractivity contribution in [2.75, 3.05) is 11.9 Å². The van der Waals surface area contributed by atoms with E-state index in [1.807, 2.05) is 19.9 Å². The first-order chi connectivity index (χ1) is 9.10. The lowest BCUT2D eigenvalue weighted by Gasteiger charge is -2.09. The predicted molar refractivity (Wildman–Crippen MR) is 80.1 cm³/mol. The summed E-state index contributed by atoms with van der Waals surface area (Å²) >= 11 is 4.80. The number of halogens is 1. The van der Waals surface area contributed by atoms with E-state index in [0.717, 1.165) is 9.35 Å². The Morgan fingerprint density at radius 3 is 2.95 bits per heavy atom. The fraction of sp³-hybridized carbons (Fsp3) is 0.231. The Bertz CT molecular complexity index is 598. The van der Waals surface area contributed by atoms with Crippen LogP contribution in [0.2, 0.25) is 0 Å². The second-order valence-electron chi connectivity index (χ2n) is 3.80. The molecule has 0 bridgehead atoms. The van der Waals surface area contributed by atoms with E-state index in [0.29, 0.717) is 23.1 Å². The van der Waals surface area contributed by atoms with Gasteiger partial charge >= 0.3 is 0 Å². The Morgan fingerprint density at radius 1 is 1.53 bits per heavy atom. The number of amides is 1. The van der Waals surface area contributed by atoms with E-state index in [2.05, 4.69) is 26.2 Å². The van der Waals surface area contributed by atoms with Crippen LogP contribution in [0, 0.1) is 6.92 Å². The molecule has 0 aliphatic heterocycles. The third-order valence-electron chi connectivity index (χ3n) is 2.33. The first-order valence-electron chi connectivity index (χ1n) is 5.76. The molecular formula is C13H13BrN2O2S. The van der Waals surface area contributed by atoms with E-state index in [4.69, 9.17) is 4.74 Å². The van der Waals surface area contributed by atoms with E-state index < -0.39 is 0 Å². The Hall–Kier alpha value is -1.40. The van der Waals surface area contributed by atoms with E-state index in [-0.39, 0.29) is 5.91 Å². The lowest BCUT2D eigenvalue weighted by molar-refractivity contribution is 0.102. The Balaban J connectivity index is 2.24. The van der Waals surface area contributed by atoms with Crippen molar-refractivity contribution in [2.45, 2.75) is 13.8 Å². The molecule has 1 aromatic carbocycles. The summed E-state index contributed by atoms with van der Waals surface area (Å²) in [5, 5.41) is 3.36. The number of ether oxygens (including phenoxy) is 1. The molecule has 0 radical (unpaired) electrons. The van der Waals surface area contributed by atoms with E-state index in [1.54, 1.807) is 18.3 Å². The number of nitrogens with zero attached hydrogens (tertiary/aromatic N) is 1. The topological polar surface area (TPSA) is 51.2 Å². The minimum absolute atomic E-state index is 0.223. The van der Waals surface area contributed by atoms with E-state index >= 15 is 0 Å². The van der Waals surface area contributed by atoms with Crippen LogP contribution < -0.4 is 10.1 Å².